The van der Waals surface area contributed by atoms with Gasteiger partial charge in [0.15, 0.2) is 11.6 Å². The number of carbonyl (C=O) groups excluding carboxylic acids is 3. The van der Waals surface area contributed by atoms with Gasteiger partial charge in [-0.15, -0.1) is 0 Å². The molecule has 0 spiro atoms. The normalized spacial score (nSPS) is 22.5. The second-order valence-electron chi connectivity index (χ2n) is 4.90. The van der Waals surface area contributed by atoms with Crippen molar-refractivity contribution >= 4 is 17.5 Å². The van der Waals surface area contributed by atoms with Gasteiger partial charge in [0.05, 0.1) is 5.92 Å². The Bertz CT molecular complexity index is 410. The Morgan fingerprint density at radius 3 is 2.05 bits per heavy atom. The van der Waals surface area contributed by atoms with E-state index in [1.54, 1.807) is 12.2 Å². The maximum atomic E-state index is 11.4. The van der Waals surface area contributed by atoms with Crippen LogP contribution in [0.2, 0.25) is 0 Å². The zero-order valence-electron chi connectivity index (χ0n) is 11.5. The molecule has 0 aromatic heterocycles. The SMILES string of the molecule is CC(=O)/C=C/CC[C@@H]1NC(=O)[C@@H]1CC/C=C/C(C)=O. The third-order valence-electron chi connectivity index (χ3n) is 3.14. The Kier molecular flexibility index (Phi) is 6.19. The van der Waals surface area contributed by atoms with E-state index in [0.717, 1.165) is 25.7 Å². The third kappa shape index (κ3) is 5.64. The monoisotopic (exact) mass is 263 g/mol. The molecule has 1 aliphatic heterocycles. The molecule has 1 heterocycles. The molecule has 1 fully saturated rings. The molecule has 0 aromatic carbocycles. The average molecular weight is 263 g/mol. The molecule has 1 N–H and O–H groups in total. The summed E-state index contributed by atoms with van der Waals surface area (Å²) in [6.07, 6.45) is 9.95. The molecule has 0 saturated carbocycles. The lowest BCUT2D eigenvalue weighted by Crippen LogP contribution is -2.57. The molecule has 0 unspecified atom stereocenters. The fraction of sp³-hybridized carbons (Fsp3) is 0.533. The van der Waals surface area contributed by atoms with Gasteiger partial charge in [-0.1, -0.05) is 12.2 Å². The second-order valence-corrected chi connectivity index (χ2v) is 4.90. The number of hydrogen-bond acceptors (Lipinski definition) is 3. The number of nitrogens with one attached hydrogen (secondary N) is 1. The van der Waals surface area contributed by atoms with Gasteiger partial charge >= 0.3 is 0 Å². The highest BCUT2D eigenvalue weighted by Gasteiger charge is 2.37. The zero-order chi connectivity index (χ0) is 14.3. The molecular formula is C15H21NO3. The summed E-state index contributed by atoms with van der Waals surface area (Å²) in [5.74, 6) is 0.214. The van der Waals surface area contributed by atoms with Crippen molar-refractivity contribution in [2.24, 2.45) is 5.92 Å². The van der Waals surface area contributed by atoms with E-state index in [0.29, 0.717) is 0 Å². The van der Waals surface area contributed by atoms with E-state index in [1.807, 2.05) is 12.2 Å². The molecule has 1 aliphatic rings. The van der Waals surface area contributed by atoms with Crippen molar-refractivity contribution in [3.05, 3.63) is 24.3 Å². The van der Waals surface area contributed by atoms with Crippen LogP contribution in [0.5, 0.6) is 0 Å². The van der Waals surface area contributed by atoms with Crippen LogP contribution in [-0.4, -0.2) is 23.5 Å². The first kappa shape index (κ1) is 15.3. The Morgan fingerprint density at radius 1 is 1.05 bits per heavy atom. The minimum atomic E-state index is 0.0315. The first-order valence-electron chi connectivity index (χ1n) is 6.65. The Balaban J connectivity index is 2.26. The largest absolute Gasteiger partial charge is 0.352 e. The summed E-state index contributed by atoms with van der Waals surface area (Å²) in [4.78, 5) is 32.9. The highest BCUT2D eigenvalue weighted by molar-refractivity contribution is 5.87. The first-order valence-corrected chi connectivity index (χ1v) is 6.65. The molecule has 1 rings (SSSR count). The molecule has 4 nitrogen and oxygen atoms in total. The molecule has 1 saturated heterocycles. The van der Waals surface area contributed by atoms with Crippen LogP contribution in [-0.2, 0) is 14.4 Å². The Labute approximate surface area is 113 Å². The van der Waals surface area contributed by atoms with E-state index >= 15 is 0 Å². The maximum absolute atomic E-state index is 11.4. The molecule has 2 atom stereocenters. The maximum Gasteiger partial charge on any atom is 0.225 e. The van der Waals surface area contributed by atoms with Crippen LogP contribution in [0.1, 0.15) is 39.5 Å². The fourth-order valence-corrected chi connectivity index (χ4v) is 2.13. The van der Waals surface area contributed by atoms with E-state index in [9.17, 15) is 14.4 Å². The van der Waals surface area contributed by atoms with Crippen molar-refractivity contribution in [1.82, 2.24) is 5.32 Å². The summed E-state index contributed by atoms with van der Waals surface area (Å²) < 4.78 is 0. The lowest BCUT2D eigenvalue weighted by molar-refractivity contribution is -0.135. The minimum Gasteiger partial charge on any atom is -0.352 e. The lowest BCUT2D eigenvalue weighted by atomic mass is 9.83. The van der Waals surface area contributed by atoms with Crippen molar-refractivity contribution in [2.45, 2.75) is 45.6 Å². The quantitative estimate of drug-likeness (QED) is 0.538. The predicted molar refractivity (Wildman–Crippen MR) is 73.5 cm³/mol. The number of rotatable bonds is 8. The van der Waals surface area contributed by atoms with Crippen molar-refractivity contribution in [1.29, 1.82) is 0 Å². The molecule has 0 bridgehead atoms. The van der Waals surface area contributed by atoms with Gasteiger partial charge in [-0.25, -0.2) is 0 Å². The standard InChI is InChI=1S/C15H21NO3/c1-11(17)7-3-5-9-13-14(16-15(13)19)10-6-4-8-12(2)18/h3-4,7-8,13-14H,5-6,9-10H2,1-2H3,(H,16,19)/b7-3+,8-4+/t13-,14+/m1/s1. The number of ketones is 2. The van der Waals surface area contributed by atoms with Crippen molar-refractivity contribution in [3.8, 4) is 0 Å². The fourth-order valence-electron chi connectivity index (χ4n) is 2.13. The molecule has 0 radical (unpaired) electrons. The van der Waals surface area contributed by atoms with Gasteiger partial charge in [0.25, 0.3) is 0 Å². The summed E-state index contributed by atoms with van der Waals surface area (Å²) in [5, 5.41) is 2.88. The highest BCUT2D eigenvalue weighted by atomic mass is 16.2. The van der Waals surface area contributed by atoms with Gasteiger partial charge in [-0.2, -0.15) is 0 Å². The van der Waals surface area contributed by atoms with Crippen molar-refractivity contribution in [2.75, 3.05) is 0 Å². The van der Waals surface area contributed by atoms with Crippen LogP contribution in [0.15, 0.2) is 24.3 Å². The van der Waals surface area contributed by atoms with Gasteiger partial charge in [-0.3, -0.25) is 14.4 Å². The van der Waals surface area contributed by atoms with E-state index in [4.69, 9.17) is 0 Å². The Morgan fingerprint density at radius 2 is 1.58 bits per heavy atom. The number of carbonyl (C=O) groups is 3. The van der Waals surface area contributed by atoms with Gasteiger partial charge in [0.1, 0.15) is 0 Å². The molecule has 104 valence electrons. The second kappa shape index (κ2) is 7.67. The van der Waals surface area contributed by atoms with Gasteiger partial charge in [-0.05, 0) is 51.7 Å². The molecule has 19 heavy (non-hydrogen) atoms. The summed E-state index contributed by atoms with van der Waals surface area (Å²) in [7, 11) is 0. The van der Waals surface area contributed by atoms with E-state index in [-0.39, 0.29) is 29.4 Å². The number of β-lactam (4-membered cyclic amide) rings is 1. The van der Waals surface area contributed by atoms with Crippen LogP contribution in [0.25, 0.3) is 0 Å². The Hall–Kier alpha value is -1.71. The summed E-state index contributed by atoms with van der Waals surface area (Å²) in [6, 6.07) is 0.204. The molecule has 0 aromatic rings. The third-order valence-corrected chi connectivity index (χ3v) is 3.14. The van der Waals surface area contributed by atoms with E-state index in [1.165, 1.54) is 13.8 Å². The number of hydrogen-bond donors (Lipinski definition) is 1. The summed E-state index contributed by atoms with van der Waals surface area (Å²) >= 11 is 0. The van der Waals surface area contributed by atoms with Gasteiger partial charge in [0.2, 0.25) is 5.91 Å². The van der Waals surface area contributed by atoms with Gasteiger partial charge < -0.3 is 5.32 Å². The number of allylic oxidation sites excluding steroid dienone is 4. The topological polar surface area (TPSA) is 63.2 Å². The van der Waals surface area contributed by atoms with Crippen LogP contribution < -0.4 is 5.32 Å². The van der Waals surface area contributed by atoms with Crippen LogP contribution >= 0.6 is 0 Å². The minimum absolute atomic E-state index is 0.0315. The lowest BCUT2D eigenvalue weighted by Gasteiger charge is -2.36. The smallest absolute Gasteiger partial charge is 0.225 e. The van der Waals surface area contributed by atoms with Gasteiger partial charge in [0, 0.05) is 6.04 Å². The van der Waals surface area contributed by atoms with Crippen molar-refractivity contribution < 1.29 is 14.4 Å². The number of amides is 1. The van der Waals surface area contributed by atoms with Crippen molar-refractivity contribution in [3.63, 3.8) is 0 Å². The first-order chi connectivity index (χ1) is 9.00. The summed E-state index contributed by atoms with van der Waals surface area (Å²) in [5.41, 5.74) is 0. The molecule has 1 amide bonds. The highest BCUT2D eigenvalue weighted by Crippen LogP contribution is 2.24. The predicted octanol–water partition coefficient (Wildman–Crippen LogP) is 1.95. The van der Waals surface area contributed by atoms with Crippen LogP contribution in [0.3, 0.4) is 0 Å². The zero-order valence-corrected chi connectivity index (χ0v) is 11.5. The van der Waals surface area contributed by atoms with Crippen LogP contribution in [0.4, 0.5) is 0 Å². The van der Waals surface area contributed by atoms with E-state index in [2.05, 4.69) is 5.32 Å². The molecule has 0 aliphatic carbocycles. The summed E-state index contributed by atoms with van der Waals surface area (Å²) in [6.45, 7) is 3.03. The average Bonchev–Trinajstić information content (AvgIpc) is 2.31. The molecular weight excluding hydrogens is 242 g/mol. The van der Waals surface area contributed by atoms with E-state index < -0.39 is 0 Å². The molecule has 4 heteroatoms. The van der Waals surface area contributed by atoms with Crippen LogP contribution in [0, 0.1) is 5.92 Å².